The van der Waals surface area contributed by atoms with Crippen LogP contribution in [-0.4, -0.2) is 54.9 Å². The van der Waals surface area contributed by atoms with Crippen LogP contribution in [0.3, 0.4) is 0 Å². The number of nitrogens with zero attached hydrogens (tertiary/aromatic N) is 4. The van der Waals surface area contributed by atoms with Crippen molar-refractivity contribution in [3.8, 4) is 0 Å². The van der Waals surface area contributed by atoms with Crippen LogP contribution in [0.5, 0.6) is 0 Å². The SMILES string of the molecule is CC(=O)c1cccc(S(=O)(=O)N2CCN(c3nnc(C)o3)CC2)c1. The van der Waals surface area contributed by atoms with Crippen LogP contribution in [-0.2, 0) is 10.0 Å². The minimum Gasteiger partial charge on any atom is -0.408 e. The van der Waals surface area contributed by atoms with Gasteiger partial charge >= 0.3 is 6.01 Å². The molecule has 0 aliphatic carbocycles. The Morgan fingerprint density at radius 1 is 1.17 bits per heavy atom. The lowest BCUT2D eigenvalue weighted by Gasteiger charge is -2.32. The molecule has 9 heteroatoms. The van der Waals surface area contributed by atoms with Crippen LogP contribution in [0, 0.1) is 6.92 Å². The van der Waals surface area contributed by atoms with E-state index in [0.29, 0.717) is 43.6 Å². The van der Waals surface area contributed by atoms with Gasteiger partial charge in [-0.05, 0) is 19.1 Å². The standard InChI is InChI=1S/C15H18N4O4S/c1-11(20)13-4-3-5-14(10-13)24(21,22)19-8-6-18(7-9-19)15-17-16-12(2)23-15/h3-5,10H,6-9H2,1-2H3. The summed E-state index contributed by atoms with van der Waals surface area (Å²) in [6.07, 6.45) is 0. The summed E-state index contributed by atoms with van der Waals surface area (Å²) in [7, 11) is -3.63. The van der Waals surface area contributed by atoms with Crippen molar-refractivity contribution in [1.29, 1.82) is 0 Å². The van der Waals surface area contributed by atoms with E-state index in [1.54, 1.807) is 19.1 Å². The van der Waals surface area contributed by atoms with Gasteiger partial charge in [0.2, 0.25) is 15.9 Å². The number of aryl methyl sites for hydroxylation is 1. The number of benzene rings is 1. The van der Waals surface area contributed by atoms with Crippen molar-refractivity contribution in [1.82, 2.24) is 14.5 Å². The Bertz CT molecular complexity index is 854. The zero-order chi connectivity index (χ0) is 17.3. The molecule has 0 unspecified atom stereocenters. The Morgan fingerprint density at radius 2 is 1.88 bits per heavy atom. The first kappa shape index (κ1) is 16.6. The summed E-state index contributed by atoms with van der Waals surface area (Å²) in [4.78, 5) is 13.5. The largest absolute Gasteiger partial charge is 0.408 e. The van der Waals surface area contributed by atoms with Crippen molar-refractivity contribution in [3.05, 3.63) is 35.7 Å². The molecule has 0 spiro atoms. The van der Waals surface area contributed by atoms with E-state index in [1.165, 1.54) is 23.4 Å². The third-order valence-corrected chi connectivity index (χ3v) is 5.80. The summed E-state index contributed by atoms with van der Waals surface area (Å²) in [5.74, 6) is 0.310. The predicted molar refractivity (Wildman–Crippen MR) is 86.5 cm³/mol. The van der Waals surface area contributed by atoms with Gasteiger partial charge in [-0.15, -0.1) is 5.10 Å². The zero-order valence-electron chi connectivity index (χ0n) is 13.5. The third-order valence-electron chi connectivity index (χ3n) is 3.90. The number of piperazine rings is 1. The third kappa shape index (κ3) is 3.17. The average Bonchev–Trinajstić information content (AvgIpc) is 3.01. The molecule has 0 radical (unpaired) electrons. The van der Waals surface area contributed by atoms with Crippen molar-refractivity contribution in [2.24, 2.45) is 0 Å². The molecule has 0 bridgehead atoms. The van der Waals surface area contributed by atoms with Gasteiger partial charge in [0.15, 0.2) is 5.78 Å². The first-order valence-corrected chi connectivity index (χ1v) is 8.98. The summed E-state index contributed by atoms with van der Waals surface area (Å²) >= 11 is 0. The molecule has 24 heavy (non-hydrogen) atoms. The average molecular weight is 350 g/mol. The van der Waals surface area contributed by atoms with E-state index in [2.05, 4.69) is 10.2 Å². The number of anilines is 1. The number of Topliss-reactive ketones (excluding diaryl/α,β-unsaturated/α-hetero) is 1. The lowest BCUT2D eigenvalue weighted by molar-refractivity contribution is 0.101. The van der Waals surface area contributed by atoms with Crippen LogP contribution in [0.15, 0.2) is 33.6 Å². The highest BCUT2D eigenvalue weighted by molar-refractivity contribution is 7.89. The minimum atomic E-state index is -3.63. The molecular weight excluding hydrogens is 332 g/mol. The van der Waals surface area contributed by atoms with Gasteiger partial charge in [-0.2, -0.15) is 4.31 Å². The highest BCUT2D eigenvalue weighted by Gasteiger charge is 2.30. The van der Waals surface area contributed by atoms with Gasteiger partial charge < -0.3 is 9.32 Å². The van der Waals surface area contributed by atoms with Gasteiger partial charge in [0.25, 0.3) is 0 Å². The predicted octanol–water partition coefficient (Wildman–Crippen LogP) is 1.09. The molecular formula is C15H18N4O4S. The maximum absolute atomic E-state index is 12.8. The molecule has 1 aliphatic rings. The highest BCUT2D eigenvalue weighted by atomic mass is 32.2. The van der Waals surface area contributed by atoms with E-state index in [0.717, 1.165) is 0 Å². The molecule has 2 aromatic rings. The van der Waals surface area contributed by atoms with Crippen molar-refractivity contribution in [3.63, 3.8) is 0 Å². The molecule has 3 rings (SSSR count). The molecule has 0 saturated carbocycles. The van der Waals surface area contributed by atoms with Crippen molar-refractivity contribution < 1.29 is 17.6 Å². The molecule has 0 N–H and O–H groups in total. The number of hydrogen-bond donors (Lipinski definition) is 0. The quantitative estimate of drug-likeness (QED) is 0.762. The highest BCUT2D eigenvalue weighted by Crippen LogP contribution is 2.21. The Labute approximate surface area is 140 Å². The van der Waals surface area contributed by atoms with Crippen molar-refractivity contribution >= 4 is 21.8 Å². The van der Waals surface area contributed by atoms with Gasteiger partial charge in [0.1, 0.15) is 0 Å². The van der Waals surface area contributed by atoms with Crippen LogP contribution < -0.4 is 4.90 Å². The van der Waals surface area contributed by atoms with Crippen LogP contribution in [0.2, 0.25) is 0 Å². The second kappa shape index (κ2) is 6.33. The molecule has 2 heterocycles. The first-order chi connectivity index (χ1) is 11.4. The fraction of sp³-hybridized carbons (Fsp3) is 0.400. The fourth-order valence-corrected chi connectivity index (χ4v) is 4.03. The normalized spacial score (nSPS) is 16.3. The number of carbonyl (C=O) groups excluding carboxylic acids is 1. The minimum absolute atomic E-state index is 0.136. The number of hydrogen-bond acceptors (Lipinski definition) is 7. The summed E-state index contributed by atoms with van der Waals surface area (Å²) < 4.78 is 32.3. The van der Waals surface area contributed by atoms with Crippen LogP contribution >= 0.6 is 0 Å². The van der Waals surface area contributed by atoms with Crippen LogP contribution in [0.1, 0.15) is 23.2 Å². The molecule has 128 valence electrons. The van der Waals surface area contributed by atoms with E-state index in [-0.39, 0.29) is 10.7 Å². The monoisotopic (exact) mass is 350 g/mol. The maximum atomic E-state index is 12.8. The van der Waals surface area contributed by atoms with Gasteiger partial charge in [-0.1, -0.05) is 17.2 Å². The number of sulfonamides is 1. The van der Waals surface area contributed by atoms with E-state index in [9.17, 15) is 13.2 Å². The van der Waals surface area contributed by atoms with Gasteiger partial charge in [0, 0.05) is 38.7 Å². The van der Waals surface area contributed by atoms with Crippen molar-refractivity contribution in [2.75, 3.05) is 31.1 Å². The number of rotatable bonds is 4. The Hall–Kier alpha value is -2.26. The summed E-state index contributed by atoms with van der Waals surface area (Å²) in [6, 6.07) is 6.53. The van der Waals surface area contributed by atoms with Crippen molar-refractivity contribution in [2.45, 2.75) is 18.7 Å². The number of aromatic nitrogens is 2. The zero-order valence-corrected chi connectivity index (χ0v) is 14.3. The topological polar surface area (TPSA) is 96.6 Å². The number of carbonyl (C=O) groups is 1. The molecule has 1 aromatic heterocycles. The molecule has 1 fully saturated rings. The Kier molecular flexibility index (Phi) is 4.37. The van der Waals surface area contributed by atoms with E-state index in [4.69, 9.17) is 4.42 Å². The maximum Gasteiger partial charge on any atom is 0.318 e. The summed E-state index contributed by atoms with van der Waals surface area (Å²) in [5, 5.41) is 7.73. The molecule has 0 atom stereocenters. The summed E-state index contributed by atoms with van der Waals surface area (Å²) in [6.45, 7) is 4.68. The summed E-state index contributed by atoms with van der Waals surface area (Å²) in [5.41, 5.74) is 0.385. The molecule has 0 amide bonds. The smallest absolute Gasteiger partial charge is 0.318 e. The molecule has 8 nitrogen and oxygen atoms in total. The van der Waals surface area contributed by atoms with E-state index < -0.39 is 10.0 Å². The Balaban J connectivity index is 1.75. The lowest BCUT2D eigenvalue weighted by Crippen LogP contribution is -2.48. The Morgan fingerprint density at radius 3 is 2.46 bits per heavy atom. The van der Waals surface area contributed by atoms with Crippen LogP contribution in [0.25, 0.3) is 0 Å². The molecule has 1 saturated heterocycles. The molecule has 1 aliphatic heterocycles. The van der Waals surface area contributed by atoms with Gasteiger partial charge in [-0.3, -0.25) is 4.79 Å². The van der Waals surface area contributed by atoms with E-state index in [1.807, 2.05) is 4.90 Å². The fourth-order valence-electron chi connectivity index (χ4n) is 2.56. The van der Waals surface area contributed by atoms with Gasteiger partial charge in [0.05, 0.1) is 4.90 Å². The lowest BCUT2D eigenvalue weighted by atomic mass is 10.2. The second-order valence-corrected chi connectivity index (χ2v) is 7.52. The number of ketones is 1. The second-order valence-electron chi connectivity index (χ2n) is 5.58. The van der Waals surface area contributed by atoms with Crippen LogP contribution in [0.4, 0.5) is 6.01 Å². The van der Waals surface area contributed by atoms with Gasteiger partial charge in [-0.25, -0.2) is 8.42 Å². The first-order valence-electron chi connectivity index (χ1n) is 7.54. The molecule has 1 aromatic carbocycles. The van der Waals surface area contributed by atoms with E-state index >= 15 is 0 Å².